The zero-order chi connectivity index (χ0) is 21.2. The third-order valence-corrected chi connectivity index (χ3v) is 6.84. The number of aryl methyl sites for hydroxylation is 1. The summed E-state index contributed by atoms with van der Waals surface area (Å²) in [5, 5.41) is 0.476. The Morgan fingerprint density at radius 1 is 0.903 bits per heavy atom. The van der Waals surface area contributed by atoms with Gasteiger partial charge in [-0.05, 0) is 37.1 Å². The van der Waals surface area contributed by atoms with E-state index in [1.165, 1.54) is 17.0 Å². The van der Waals surface area contributed by atoms with Gasteiger partial charge in [-0.25, -0.2) is 4.98 Å². The van der Waals surface area contributed by atoms with E-state index < -0.39 is 0 Å². The van der Waals surface area contributed by atoms with Crippen molar-refractivity contribution in [1.29, 1.82) is 0 Å². The molecule has 7 nitrogen and oxygen atoms in total. The summed E-state index contributed by atoms with van der Waals surface area (Å²) in [6.07, 6.45) is 4.93. The summed E-state index contributed by atoms with van der Waals surface area (Å²) in [4.78, 5) is 41.7. The molecule has 0 spiro atoms. The van der Waals surface area contributed by atoms with Crippen LogP contribution in [0.4, 0.5) is 11.5 Å². The van der Waals surface area contributed by atoms with Crippen molar-refractivity contribution in [2.75, 3.05) is 42.5 Å². The minimum absolute atomic E-state index is 0.0408. The fraction of sp³-hybridized carbons (Fsp3) is 0.304. The molecule has 31 heavy (non-hydrogen) atoms. The van der Waals surface area contributed by atoms with E-state index in [-0.39, 0.29) is 11.8 Å². The van der Waals surface area contributed by atoms with Crippen LogP contribution in [0.3, 0.4) is 0 Å². The zero-order valence-electron chi connectivity index (χ0n) is 17.1. The number of para-hydroxylation sites is 1. The molecular weight excluding hydrogens is 410 g/mol. The number of hydrogen-bond acceptors (Lipinski definition) is 6. The highest BCUT2D eigenvalue weighted by Crippen LogP contribution is 2.33. The lowest BCUT2D eigenvalue weighted by atomic mass is 10.1. The van der Waals surface area contributed by atoms with Crippen LogP contribution in [0.2, 0.25) is 0 Å². The number of thiazole rings is 1. The molecule has 3 aromatic rings. The summed E-state index contributed by atoms with van der Waals surface area (Å²) in [7, 11) is 0. The number of piperazine rings is 1. The van der Waals surface area contributed by atoms with Crippen LogP contribution < -0.4 is 9.80 Å². The van der Waals surface area contributed by atoms with Crippen molar-refractivity contribution in [2.45, 2.75) is 12.8 Å². The summed E-state index contributed by atoms with van der Waals surface area (Å²) in [5.41, 5.74) is 1.72. The van der Waals surface area contributed by atoms with E-state index in [4.69, 9.17) is 0 Å². The van der Waals surface area contributed by atoms with E-state index in [9.17, 15) is 9.59 Å². The second-order valence-corrected chi connectivity index (χ2v) is 8.77. The number of benzene rings is 1. The number of fused-ring (bicyclic) bond motifs is 1. The summed E-state index contributed by atoms with van der Waals surface area (Å²) in [6.45, 7) is 3.53. The molecule has 2 amide bonds. The second kappa shape index (κ2) is 8.47. The lowest BCUT2D eigenvalue weighted by Gasteiger charge is -2.35. The van der Waals surface area contributed by atoms with Crippen molar-refractivity contribution in [2.24, 2.45) is 0 Å². The Kier molecular flexibility index (Phi) is 5.38. The molecule has 2 aliphatic heterocycles. The Balaban J connectivity index is 1.30. The van der Waals surface area contributed by atoms with Gasteiger partial charge in [0.1, 0.15) is 0 Å². The van der Waals surface area contributed by atoms with Crippen LogP contribution in [-0.2, 0) is 6.42 Å². The van der Waals surface area contributed by atoms with Gasteiger partial charge < -0.3 is 9.80 Å². The van der Waals surface area contributed by atoms with E-state index in [1.807, 2.05) is 23.1 Å². The average Bonchev–Trinajstić information content (AvgIpc) is 3.29. The van der Waals surface area contributed by atoms with Gasteiger partial charge in [-0.15, -0.1) is 11.3 Å². The van der Waals surface area contributed by atoms with Crippen LogP contribution in [0.1, 0.15) is 31.5 Å². The average molecular weight is 434 g/mol. The lowest BCUT2D eigenvalue weighted by molar-refractivity contribution is 0.0746. The van der Waals surface area contributed by atoms with Crippen molar-refractivity contribution in [3.63, 3.8) is 0 Å². The third kappa shape index (κ3) is 3.90. The standard InChI is InChI=1S/C23H23N5O2S/c29-22(17-6-4-10-24-16-17)28-11-5-9-19-20(28)25-21(31-19)23(30)27-14-12-26(13-15-27)18-7-2-1-3-8-18/h1-4,6-8,10,16H,5,9,11-15H2. The fourth-order valence-corrected chi connectivity index (χ4v) is 5.17. The maximum absolute atomic E-state index is 13.1. The summed E-state index contributed by atoms with van der Waals surface area (Å²) in [5.74, 6) is 0.479. The highest BCUT2D eigenvalue weighted by molar-refractivity contribution is 7.14. The van der Waals surface area contributed by atoms with Gasteiger partial charge in [0.2, 0.25) is 0 Å². The number of hydrogen-bond donors (Lipinski definition) is 0. The molecule has 0 N–H and O–H groups in total. The first-order chi connectivity index (χ1) is 15.2. The van der Waals surface area contributed by atoms with Gasteiger partial charge in [0.15, 0.2) is 10.8 Å². The molecule has 1 aromatic carbocycles. The first-order valence-corrected chi connectivity index (χ1v) is 11.3. The van der Waals surface area contributed by atoms with E-state index in [2.05, 4.69) is 27.0 Å². The SMILES string of the molecule is O=C(c1nc2c(s1)CCCN2C(=O)c1cccnc1)N1CCN(c2ccccc2)CC1. The number of rotatable bonds is 3. The molecule has 1 fully saturated rings. The van der Waals surface area contributed by atoms with Crippen LogP contribution in [0.5, 0.6) is 0 Å². The van der Waals surface area contributed by atoms with Crippen LogP contribution >= 0.6 is 11.3 Å². The number of anilines is 2. The summed E-state index contributed by atoms with van der Waals surface area (Å²) in [6, 6.07) is 13.8. The number of nitrogens with zero attached hydrogens (tertiary/aromatic N) is 5. The number of carbonyl (C=O) groups is 2. The molecule has 0 unspecified atom stereocenters. The van der Waals surface area contributed by atoms with E-state index in [0.29, 0.717) is 36.0 Å². The number of carbonyl (C=O) groups excluding carboxylic acids is 2. The van der Waals surface area contributed by atoms with Gasteiger partial charge in [0.05, 0.1) is 5.56 Å². The quantitative estimate of drug-likeness (QED) is 0.635. The minimum Gasteiger partial charge on any atom is -0.368 e. The predicted octanol–water partition coefficient (Wildman–Crippen LogP) is 3.09. The van der Waals surface area contributed by atoms with Crippen molar-refractivity contribution in [3.8, 4) is 0 Å². The summed E-state index contributed by atoms with van der Waals surface area (Å²) < 4.78 is 0. The number of aromatic nitrogens is 2. The highest BCUT2D eigenvalue weighted by Gasteiger charge is 2.31. The molecule has 5 rings (SSSR count). The highest BCUT2D eigenvalue weighted by atomic mass is 32.1. The molecule has 2 aliphatic rings. The Morgan fingerprint density at radius 2 is 1.71 bits per heavy atom. The van der Waals surface area contributed by atoms with Crippen molar-refractivity contribution < 1.29 is 9.59 Å². The van der Waals surface area contributed by atoms with E-state index >= 15 is 0 Å². The Morgan fingerprint density at radius 3 is 2.45 bits per heavy atom. The molecule has 0 radical (unpaired) electrons. The number of amides is 2. The molecule has 2 aromatic heterocycles. The van der Waals surface area contributed by atoms with E-state index in [1.54, 1.807) is 29.4 Å². The summed E-state index contributed by atoms with van der Waals surface area (Å²) >= 11 is 1.43. The molecular formula is C23H23N5O2S. The maximum Gasteiger partial charge on any atom is 0.283 e. The third-order valence-electron chi connectivity index (χ3n) is 5.74. The zero-order valence-corrected chi connectivity index (χ0v) is 17.9. The smallest absolute Gasteiger partial charge is 0.283 e. The first kappa shape index (κ1) is 19.7. The molecule has 0 saturated carbocycles. The maximum atomic E-state index is 13.1. The largest absolute Gasteiger partial charge is 0.368 e. The first-order valence-electron chi connectivity index (χ1n) is 10.5. The van der Waals surface area contributed by atoms with Crippen LogP contribution in [-0.4, -0.2) is 59.4 Å². The molecule has 8 heteroatoms. The normalized spacial score (nSPS) is 16.2. The fourth-order valence-electron chi connectivity index (χ4n) is 4.10. The van der Waals surface area contributed by atoms with Gasteiger partial charge in [-0.3, -0.25) is 19.5 Å². The van der Waals surface area contributed by atoms with Crippen molar-refractivity contribution >= 4 is 34.7 Å². The number of pyridine rings is 1. The Hall–Kier alpha value is -3.26. The van der Waals surface area contributed by atoms with Crippen LogP contribution in [0.25, 0.3) is 0 Å². The molecule has 0 aliphatic carbocycles. The predicted molar refractivity (Wildman–Crippen MR) is 121 cm³/mol. The van der Waals surface area contributed by atoms with Crippen LogP contribution in [0, 0.1) is 0 Å². The molecule has 4 heterocycles. The lowest BCUT2D eigenvalue weighted by Crippen LogP contribution is -2.48. The van der Waals surface area contributed by atoms with Crippen molar-refractivity contribution in [3.05, 3.63) is 70.3 Å². The molecule has 0 bridgehead atoms. The van der Waals surface area contributed by atoms with Gasteiger partial charge in [0.25, 0.3) is 11.8 Å². The molecule has 0 atom stereocenters. The second-order valence-electron chi connectivity index (χ2n) is 7.68. The minimum atomic E-state index is -0.116. The van der Waals surface area contributed by atoms with Gasteiger partial charge in [0, 0.05) is 55.7 Å². The monoisotopic (exact) mass is 433 g/mol. The van der Waals surface area contributed by atoms with Crippen LogP contribution in [0.15, 0.2) is 54.9 Å². The van der Waals surface area contributed by atoms with E-state index in [0.717, 1.165) is 30.8 Å². The van der Waals surface area contributed by atoms with Gasteiger partial charge in [-0.1, -0.05) is 18.2 Å². The molecule has 158 valence electrons. The van der Waals surface area contributed by atoms with Gasteiger partial charge in [-0.2, -0.15) is 0 Å². The van der Waals surface area contributed by atoms with Gasteiger partial charge >= 0.3 is 0 Å². The Bertz CT molecular complexity index is 1080. The Labute approximate surface area is 185 Å². The van der Waals surface area contributed by atoms with Crippen molar-refractivity contribution in [1.82, 2.24) is 14.9 Å². The topological polar surface area (TPSA) is 69.6 Å². The molecule has 1 saturated heterocycles.